The van der Waals surface area contributed by atoms with Gasteiger partial charge < -0.3 is 19.8 Å². The summed E-state index contributed by atoms with van der Waals surface area (Å²) in [6.07, 6.45) is 0.670. The topological polar surface area (TPSA) is 89.3 Å². The number of nitrogens with one attached hydrogen (secondary N) is 2. The highest BCUT2D eigenvalue weighted by molar-refractivity contribution is 5.89. The third-order valence-electron chi connectivity index (χ3n) is 3.51. The van der Waals surface area contributed by atoms with Crippen LogP contribution in [0.1, 0.15) is 22.7 Å². The number of anilines is 2. The molecular weight excluding hydrogens is 332 g/mol. The second-order valence-corrected chi connectivity index (χ2v) is 5.68. The number of ether oxygens (including phenoxy) is 1. The third-order valence-corrected chi connectivity index (χ3v) is 3.51. The van der Waals surface area contributed by atoms with Crippen LogP contribution in [0.3, 0.4) is 0 Å². The number of nitrogens with zero attached hydrogens (tertiary/aromatic N) is 2. The molecule has 7 nitrogen and oxygen atoms in total. The predicted octanol–water partition coefficient (Wildman–Crippen LogP) is 3.32. The van der Waals surface area contributed by atoms with Gasteiger partial charge in [0.1, 0.15) is 5.75 Å². The second kappa shape index (κ2) is 8.66. The highest BCUT2D eigenvalue weighted by Gasteiger charge is 2.14. The minimum atomic E-state index is -0.408. The molecule has 0 atom stereocenters. The molecule has 0 aliphatic carbocycles. The zero-order valence-electron chi connectivity index (χ0n) is 14.4. The van der Waals surface area contributed by atoms with Crippen LogP contribution in [0.5, 0.6) is 5.75 Å². The van der Waals surface area contributed by atoms with Crippen LogP contribution in [-0.2, 0) is 0 Å². The van der Waals surface area contributed by atoms with Gasteiger partial charge in [-0.2, -0.15) is 0 Å². The monoisotopic (exact) mass is 352 g/mol. The number of benzene rings is 2. The van der Waals surface area contributed by atoms with Gasteiger partial charge in [0.2, 0.25) is 0 Å². The quantitative estimate of drug-likeness (QED) is 0.605. The van der Waals surface area contributed by atoms with E-state index in [-0.39, 0.29) is 11.9 Å². The van der Waals surface area contributed by atoms with Gasteiger partial charge in [0.25, 0.3) is 0 Å². The fourth-order valence-electron chi connectivity index (χ4n) is 2.27. The Bertz CT molecular complexity index is 849. The molecule has 134 valence electrons. The van der Waals surface area contributed by atoms with E-state index in [4.69, 9.17) is 9.15 Å². The molecule has 7 heteroatoms. The molecule has 1 heterocycles. The van der Waals surface area contributed by atoms with Crippen LogP contribution in [0, 0.1) is 6.92 Å². The fourth-order valence-corrected chi connectivity index (χ4v) is 2.27. The Balaban J connectivity index is 1.41. The Kier molecular flexibility index (Phi) is 5.82. The van der Waals surface area contributed by atoms with E-state index in [1.807, 2.05) is 61.5 Å². The highest BCUT2D eigenvalue weighted by atomic mass is 16.5. The van der Waals surface area contributed by atoms with E-state index < -0.39 is 5.91 Å². The summed E-state index contributed by atoms with van der Waals surface area (Å²) >= 11 is 0. The Morgan fingerprint density at radius 2 is 1.96 bits per heavy atom. The number of carbonyl (C=O) groups excluding carboxylic acids is 1. The van der Waals surface area contributed by atoms with E-state index in [1.165, 1.54) is 0 Å². The molecule has 1 amide bonds. The first-order valence-corrected chi connectivity index (χ1v) is 8.34. The molecule has 0 unspecified atom stereocenters. The normalized spacial score (nSPS) is 10.3. The number of aryl methyl sites for hydroxylation is 1. The van der Waals surface area contributed by atoms with Gasteiger partial charge in [-0.25, -0.2) is 0 Å². The summed E-state index contributed by atoms with van der Waals surface area (Å²) in [5, 5.41) is 13.3. The van der Waals surface area contributed by atoms with Crippen LogP contribution in [0.2, 0.25) is 0 Å². The SMILES string of the molecule is Cc1cccc(Nc2nnc(C(=O)NCCCOc3ccccc3)o2)c1. The molecule has 3 rings (SSSR count). The molecular formula is C19H20N4O3. The lowest BCUT2D eigenvalue weighted by Gasteiger charge is -2.06. The molecule has 26 heavy (non-hydrogen) atoms. The average molecular weight is 352 g/mol. The molecule has 2 aromatic carbocycles. The maximum atomic E-state index is 12.0. The van der Waals surface area contributed by atoms with Gasteiger partial charge >= 0.3 is 17.8 Å². The van der Waals surface area contributed by atoms with Crippen LogP contribution < -0.4 is 15.4 Å². The van der Waals surface area contributed by atoms with Crippen LogP contribution >= 0.6 is 0 Å². The first-order chi connectivity index (χ1) is 12.7. The molecule has 0 saturated heterocycles. The molecule has 0 radical (unpaired) electrons. The van der Waals surface area contributed by atoms with Crippen molar-refractivity contribution in [2.45, 2.75) is 13.3 Å². The molecule has 0 fully saturated rings. The van der Waals surface area contributed by atoms with Crippen molar-refractivity contribution in [2.75, 3.05) is 18.5 Å². The smallest absolute Gasteiger partial charge is 0.320 e. The van der Waals surface area contributed by atoms with Crippen molar-refractivity contribution in [2.24, 2.45) is 0 Å². The Labute approximate surface area is 151 Å². The molecule has 0 aliphatic rings. The number of hydrogen-bond acceptors (Lipinski definition) is 6. The summed E-state index contributed by atoms with van der Waals surface area (Å²) in [6.45, 7) is 2.95. The molecule has 3 aromatic rings. The van der Waals surface area contributed by atoms with Gasteiger partial charge in [0, 0.05) is 12.2 Å². The van der Waals surface area contributed by atoms with Gasteiger partial charge in [0.15, 0.2) is 0 Å². The van der Waals surface area contributed by atoms with Gasteiger partial charge in [-0.05, 0) is 43.2 Å². The van der Waals surface area contributed by atoms with Crippen molar-refractivity contribution in [3.8, 4) is 5.75 Å². The number of rotatable bonds is 8. The largest absolute Gasteiger partial charge is 0.494 e. The standard InChI is InChI=1S/C19H20N4O3/c1-14-7-5-8-15(13-14)21-19-23-22-18(26-19)17(24)20-11-6-12-25-16-9-3-2-4-10-16/h2-5,7-10,13H,6,11-12H2,1H3,(H,20,24)(H,21,23). The third kappa shape index (κ3) is 5.07. The molecule has 0 bridgehead atoms. The summed E-state index contributed by atoms with van der Waals surface area (Å²) in [5.74, 6) is 0.321. The Morgan fingerprint density at radius 3 is 2.77 bits per heavy atom. The minimum Gasteiger partial charge on any atom is -0.494 e. The van der Waals surface area contributed by atoms with Crippen LogP contribution in [0.25, 0.3) is 0 Å². The Morgan fingerprint density at radius 1 is 1.12 bits per heavy atom. The number of aromatic nitrogens is 2. The predicted molar refractivity (Wildman–Crippen MR) is 97.6 cm³/mol. The molecule has 0 aliphatic heterocycles. The van der Waals surface area contributed by atoms with Crippen molar-refractivity contribution in [1.29, 1.82) is 0 Å². The molecule has 2 N–H and O–H groups in total. The van der Waals surface area contributed by atoms with Crippen molar-refractivity contribution >= 4 is 17.6 Å². The number of carbonyl (C=O) groups is 1. The number of para-hydroxylation sites is 1. The molecule has 0 saturated carbocycles. The molecule has 0 spiro atoms. The number of hydrogen-bond donors (Lipinski definition) is 2. The lowest BCUT2D eigenvalue weighted by molar-refractivity contribution is 0.0917. The van der Waals surface area contributed by atoms with Gasteiger partial charge in [-0.15, -0.1) is 5.10 Å². The van der Waals surface area contributed by atoms with Gasteiger partial charge in [-0.3, -0.25) is 4.79 Å². The van der Waals surface area contributed by atoms with Crippen molar-refractivity contribution < 1.29 is 13.9 Å². The summed E-state index contributed by atoms with van der Waals surface area (Å²) in [4.78, 5) is 12.0. The number of amides is 1. The summed E-state index contributed by atoms with van der Waals surface area (Å²) < 4.78 is 10.9. The van der Waals surface area contributed by atoms with E-state index in [0.29, 0.717) is 19.6 Å². The first-order valence-electron chi connectivity index (χ1n) is 8.34. The van der Waals surface area contributed by atoms with E-state index >= 15 is 0 Å². The van der Waals surface area contributed by atoms with Crippen molar-refractivity contribution in [1.82, 2.24) is 15.5 Å². The lowest BCUT2D eigenvalue weighted by Crippen LogP contribution is -2.25. The lowest BCUT2D eigenvalue weighted by atomic mass is 10.2. The molecule has 1 aromatic heterocycles. The highest BCUT2D eigenvalue weighted by Crippen LogP contribution is 2.16. The Hall–Kier alpha value is -3.35. The van der Waals surface area contributed by atoms with E-state index in [1.54, 1.807) is 0 Å². The minimum absolute atomic E-state index is 0.0795. The van der Waals surface area contributed by atoms with E-state index in [0.717, 1.165) is 17.0 Å². The van der Waals surface area contributed by atoms with E-state index in [2.05, 4.69) is 20.8 Å². The van der Waals surface area contributed by atoms with Crippen molar-refractivity contribution in [3.63, 3.8) is 0 Å². The van der Waals surface area contributed by atoms with Crippen LogP contribution in [0.4, 0.5) is 11.7 Å². The summed E-state index contributed by atoms with van der Waals surface area (Å²) in [5.41, 5.74) is 1.92. The van der Waals surface area contributed by atoms with Crippen molar-refractivity contribution in [3.05, 3.63) is 66.1 Å². The first kappa shape index (κ1) is 17.5. The van der Waals surface area contributed by atoms with Crippen LogP contribution in [-0.4, -0.2) is 29.3 Å². The average Bonchev–Trinajstić information content (AvgIpc) is 3.11. The maximum absolute atomic E-state index is 12.0. The zero-order valence-corrected chi connectivity index (χ0v) is 14.4. The summed E-state index contributed by atoms with van der Waals surface area (Å²) in [6, 6.07) is 17.4. The van der Waals surface area contributed by atoms with E-state index in [9.17, 15) is 4.79 Å². The van der Waals surface area contributed by atoms with Gasteiger partial charge in [-0.1, -0.05) is 35.4 Å². The maximum Gasteiger partial charge on any atom is 0.320 e. The zero-order chi connectivity index (χ0) is 18.2. The summed E-state index contributed by atoms with van der Waals surface area (Å²) in [7, 11) is 0. The fraction of sp³-hybridized carbons (Fsp3) is 0.211. The second-order valence-electron chi connectivity index (χ2n) is 5.68. The van der Waals surface area contributed by atoms with Gasteiger partial charge in [0.05, 0.1) is 6.61 Å². The van der Waals surface area contributed by atoms with Crippen LogP contribution in [0.15, 0.2) is 59.0 Å².